The molecular weight excluding hydrogens is 166 g/mol. The van der Waals surface area contributed by atoms with E-state index in [1.165, 1.54) is 12.8 Å². The molecular formula is C10H19NO2. The van der Waals surface area contributed by atoms with Gasteiger partial charge in [0.1, 0.15) is 6.04 Å². The summed E-state index contributed by atoms with van der Waals surface area (Å²) in [4.78, 5) is 10.8. The molecule has 1 aliphatic carbocycles. The van der Waals surface area contributed by atoms with E-state index >= 15 is 0 Å². The molecule has 1 fully saturated rings. The SMILES string of the molecule is CCC(NC1(C)CCCC1)C(=O)O. The van der Waals surface area contributed by atoms with Crippen molar-refractivity contribution >= 4 is 5.97 Å². The van der Waals surface area contributed by atoms with Crippen LogP contribution in [0.3, 0.4) is 0 Å². The van der Waals surface area contributed by atoms with Gasteiger partial charge in [0.25, 0.3) is 0 Å². The van der Waals surface area contributed by atoms with Gasteiger partial charge < -0.3 is 5.11 Å². The molecule has 1 rings (SSSR count). The highest BCUT2D eigenvalue weighted by Crippen LogP contribution is 2.29. The van der Waals surface area contributed by atoms with Gasteiger partial charge in [-0.3, -0.25) is 10.1 Å². The molecule has 0 bridgehead atoms. The second-order valence-corrected chi connectivity index (χ2v) is 4.21. The fourth-order valence-electron chi connectivity index (χ4n) is 2.06. The third kappa shape index (κ3) is 2.69. The lowest BCUT2D eigenvalue weighted by molar-refractivity contribution is -0.140. The topological polar surface area (TPSA) is 49.3 Å². The monoisotopic (exact) mass is 185 g/mol. The first-order chi connectivity index (χ1) is 6.07. The van der Waals surface area contributed by atoms with Gasteiger partial charge in [-0.2, -0.15) is 0 Å². The summed E-state index contributed by atoms with van der Waals surface area (Å²) in [6.45, 7) is 4.04. The van der Waals surface area contributed by atoms with Gasteiger partial charge in [-0.25, -0.2) is 0 Å². The Morgan fingerprint density at radius 3 is 2.46 bits per heavy atom. The summed E-state index contributed by atoms with van der Waals surface area (Å²) in [5.74, 6) is -0.726. The number of nitrogens with one attached hydrogen (secondary N) is 1. The first-order valence-electron chi connectivity index (χ1n) is 5.08. The molecule has 0 aromatic rings. The van der Waals surface area contributed by atoms with Gasteiger partial charge in [0.15, 0.2) is 0 Å². The maximum atomic E-state index is 10.8. The number of carbonyl (C=O) groups is 1. The first-order valence-corrected chi connectivity index (χ1v) is 5.08. The Labute approximate surface area is 79.5 Å². The molecule has 0 radical (unpaired) electrons. The maximum Gasteiger partial charge on any atom is 0.320 e. The zero-order valence-corrected chi connectivity index (χ0v) is 8.47. The van der Waals surface area contributed by atoms with Crippen molar-refractivity contribution in [3.05, 3.63) is 0 Å². The molecule has 0 aromatic heterocycles. The second-order valence-electron chi connectivity index (χ2n) is 4.21. The van der Waals surface area contributed by atoms with Gasteiger partial charge in [0.2, 0.25) is 0 Å². The Morgan fingerprint density at radius 1 is 1.54 bits per heavy atom. The number of hydrogen-bond acceptors (Lipinski definition) is 2. The summed E-state index contributed by atoms with van der Waals surface area (Å²) >= 11 is 0. The molecule has 2 N–H and O–H groups in total. The molecule has 1 aliphatic rings. The van der Waals surface area contributed by atoms with E-state index in [1.54, 1.807) is 0 Å². The molecule has 0 saturated heterocycles. The van der Waals surface area contributed by atoms with Crippen LogP contribution < -0.4 is 5.32 Å². The van der Waals surface area contributed by atoms with Gasteiger partial charge in [-0.05, 0) is 26.2 Å². The zero-order valence-electron chi connectivity index (χ0n) is 8.47. The molecule has 1 atom stereocenters. The minimum absolute atomic E-state index is 0.0685. The van der Waals surface area contributed by atoms with Gasteiger partial charge in [-0.1, -0.05) is 19.8 Å². The zero-order chi connectivity index (χ0) is 9.90. The summed E-state index contributed by atoms with van der Waals surface area (Å²) in [6, 6.07) is -0.372. The van der Waals surface area contributed by atoms with Crippen LogP contribution in [-0.4, -0.2) is 22.7 Å². The highest BCUT2D eigenvalue weighted by molar-refractivity contribution is 5.73. The number of carboxylic acids is 1. The largest absolute Gasteiger partial charge is 0.480 e. The van der Waals surface area contributed by atoms with E-state index < -0.39 is 5.97 Å². The van der Waals surface area contributed by atoms with Crippen molar-refractivity contribution in [2.24, 2.45) is 0 Å². The van der Waals surface area contributed by atoms with Crippen LogP contribution in [0.25, 0.3) is 0 Å². The van der Waals surface area contributed by atoms with E-state index in [4.69, 9.17) is 5.11 Å². The van der Waals surface area contributed by atoms with Crippen LogP contribution in [-0.2, 0) is 4.79 Å². The third-order valence-electron chi connectivity index (χ3n) is 2.94. The average molecular weight is 185 g/mol. The van der Waals surface area contributed by atoms with Gasteiger partial charge >= 0.3 is 5.97 Å². The van der Waals surface area contributed by atoms with Crippen molar-refractivity contribution in [1.29, 1.82) is 0 Å². The third-order valence-corrected chi connectivity index (χ3v) is 2.94. The molecule has 0 aliphatic heterocycles. The van der Waals surface area contributed by atoms with Crippen molar-refractivity contribution < 1.29 is 9.90 Å². The predicted molar refractivity (Wildman–Crippen MR) is 51.7 cm³/mol. The van der Waals surface area contributed by atoms with Crippen LogP contribution >= 0.6 is 0 Å². The minimum Gasteiger partial charge on any atom is -0.480 e. The number of rotatable bonds is 4. The molecule has 13 heavy (non-hydrogen) atoms. The number of carboxylic acid groups (broad SMARTS) is 1. The maximum absolute atomic E-state index is 10.8. The molecule has 76 valence electrons. The van der Waals surface area contributed by atoms with Crippen molar-refractivity contribution in [2.75, 3.05) is 0 Å². The highest BCUT2D eigenvalue weighted by Gasteiger charge is 2.32. The summed E-state index contributed by atoms with van der Waals surface area (Å²) in [7, 11) is 0. The van der Waals surface area contributed by atoms with Gasteiger partial charge in [-0.15, -0.1) is 0 Å². The van der Waals surface area contributed by atoms with Crippen LogP contribution in [0.15, 0.2) is 0 Å². The highest BCUT2D eigenvalue weighted by atomic mass is 16.4. The normalized spacial score (nSPS) is 22.9. The number of aliphatic carboxylic acids is 1. The Balaban J connectivity index is 2.49. The van der Waals surface area contributed by atoms with Crippen LogP contribution in [0.5, 0.6) is 0 Å². The van der Waals surface area contributed by atoms with Crippen molar-refractivity contribution in [1.82, 2.24) is 5.32 Å². The van der Waals surface area contributed by atoms with Gasteiger partial charge in [0.05, 0.1) is 0 Å². The van der Waals surface area contributed by atoms with Gasteiger partial charge in [0, 0.05) is 5.54 Å². The summed E-state index contributed by atoms with van der Waals surface area (Å²) in [6.07, 6.45) is 5.32. The Kier molecular flexibility index (Phi) is 3.31. The van der Waals surface area contributed by atoms with Crippen LogP contribution in [0.2, 0.25) is 0 Å². The van der Waals surface area contributed by atoms with Crippen molar-refractivity contribution in [3.8, 4) is 0 Å². The van der Waals surface area contributed by atoms with E-state index in [9.17, 15) is 4.79 Å². The van der Waals surface area contributed by atoms with E-state index in [0.717, 1.165) is 12.8 Å². The van der Waals surface area contributed by atoms with E-state index in [0.29, 0.717) is 6.42 Å². The molecule has 3 heteroatoms. The molecule has 0 aromatic carbocycles. The smallest absolute Gasteiger partial charge is 0.320 e. The lowest BCUT2D eigenvalue weighted by Gasteiger charge is -2.29. The van der Waals surface area contributed by atoms with Crippen LogP contribution in [0.4, 0.5) is 0 Å². The molecule has 1 unspecified atom stereocenters. The van der Waals surface area contributed by atoms with E-state index in [2.05, 4.69) is 12.2 Å². The Bertz CT molecular complexity index is 185. The van der Waals surface area contributed by atoms with E-state index in [-0.39, 0.29) is 11.6 Å². The molecule has 1 saturated carbocycles. The van der Waals surface area contributed by atoms with E-state index in [1.807, 2.05) is 6.92 Å². The fraction of sp³-hybridized carbons (Fsp3) is 0.900. The molecule has 0 heterocycles. The lowest BCUT2D eigenvalue weighted by atomic mass is 9.98. The minimum atomic E-state index is -0.726. The fourth-order valence-corrected chi connectivity index (χ4v) is 2.06. The first kappa shape index (κ1) is 10.5. The molecule has 0 amide bonds. The molecule has 3 nitrogen and oxygen atoms in total. The Morgan fingerprint density at radius 2 is 2.08 bits per heavy atom. The summed E-state index contributed by atoms with van der Waals surface area (Å²) in [5, 5.41) is 12.1. The van der Waals surface area contributed by atoms with Crippen molar-refractivity contribution in [2.45, 2.75) is 57.5 Å². The average Bonchev–Trinajstić information content (AvgIpc) is 2.48. The number of hydrogen-bond donors (Lipinski definition) is 2. The quantitative estimate of drug-likeness (QED) is 0.701. The summed E-state index contributed by atoms with van der Waals surface area (Å²) in [5.41, 5.74) is 0.0685. The Hall–Kier alpha value is -0.570. The lowest BCUT2D eigenvalue weighted by Crippen LogP contribution is -2.49. The standard InChI is InChI=1S/C10H19NO2/c1-3-8(9(12)13)11-10(2)6-4-5-7-10/h8,11H,3-7H2,1-2H3,(H,12,13). The van der Waals surface area contributed by atoms with Crippen LogP contribution in [0.1, 0.15) is 46.0 Å². The summed E-state index contributed by atoms with van der Waals surface area (Å²) < 4.78 is 0. The van der Waals surface area contributed by atoms with Crippen LogP contribution in [0, 0.1) is 0 Å². The molecule has 0 spiro atoms. The predicted octanol–water partition coefficient (Wildman–Crippen LogP) is 1.77. The van der Waals surface area contributed by atoms with Crippen molar-refractivity contribution in [3.63, 3.8) is 0 Å². The second kappa shape index (κ2) is 4.09.